The number of amides is 1. The molecule has 0 unspecified atom stereocenters. The molecular weight excluding hydrogens is 234 g/mol. The van der Waals surface area contributed by atoms with Gasteiger partial charge in [0.05, 0.1) is 7.11 Å². The molecule has 0 aliphatic carbocycles. The van der Waals surface area contributed by atoms with Crippen LogP contribution in [-0.4, -0.2) is 30.1 Å². The second-order valence-corrected chi connectivity index (χ2v) is 3.64. The first-order valence-corrected chi connectivity index (χ1v) is 5.39. The highest BCUT2D eigenvalue weighted by Crippen LogP contribution is 2.18. The molecule has 1 atom stereocenters. The molecule has 1 aromatic carbocycles. The number of carbonyl (C=O) groups is 2. The summed E-state index contributed by atoms with van der Waals surface area (Å²) < 4.78 is 5.12. The fraction of sp³-hybridized carbons (Fsp3) is 0.231. The SMILES string of the molecule is COc1ccccc1C=CC(=O)N[C@H](C)C(=O)O. The maximum absolute atomic E-state index is 11.4. The summed E-state index contributed by atoms with van der Waals surface area (Å²) in [6.07, 6.45) is 2.85. The lowest BCUT2D eigenvalue weighted by molar-refractivity contribution is -0.140. The van der Waals surface area contributed by atoms with E-state index in [1.165, 1.54) is 13.0 Å². The zero-order valence-electron chi connectivity index (χ0n) is 10.2. The highest BCUT2D eigenvalue weighted by Gasteiger charge is 2.11. The van der Waals surface area contributed by atoms with Crippen LogP contribution in [0.15, 0.2) is 30.3 Å². The van der Waals surface area contributed by atoms with Gasteiger partial charge in [0.25, 0.3) is 0 Å². The Bertz CT molecular complexity index is 468. The molecule has 1 rings (SSSR count). The Morgan fingerprint density at radius 3 is 2.67 bits per heavy atom. The Morgan fingerprint density at radius 1 is 1.39 bits per heavy atom. The van der Waals surface area contributed by atoms with E-state index in [4.69, 9.17) is 9.84 Å². The van der Waals surface area contributed by atoms with Crippen LogP contribution in [0.5, 0.6) is 5.75 Å². The molecule has 0 aliphatic rings. The molecule has 0 radical (unpaired) electrons. The van der Waals surface area contributed by atoms with E-state index >= 15 is 0 Å². The monoisotopic (exact) mass is 249 g/mol. The largest absolute Gasteiger partial charge is 0.496 e. The normalized spacial score (nSPS) is 12.1. The average molecular weight is 249 g/mol. The first-order chi connectivity index (χ1) is 8.54. The minimum Gasteiger partial charge on any atom is -0.496 e. The molecule has 0 aliphatic heterocycles. The van der Waals surface area contributed by atoms with Gasteiger partial charge in [-0.05, 0) is 19.1 Å². The highest BCUT2D eigenvalue weighted by atomic mass is 16.5. The second-order valence-electron chi connectivity index (χ2n) is 3.64. The minimum atomic E-state index is -1.07. The molecule has 1 aromatic rings. The molecule has 0 aromatic heterocycles. The van der Waals surface area contributed by atoms with Crippen LogP contribution >= 0.6 is 0 Å². The Labute approximate surface area is 105 Å². The van der Waals surface area contributed by atoms with Gasteiger partial charge in [0.15, 0.2) is 0 Å². The number of ether oxygens (including phenoxy) is 1. The van der Waals surface area contributed by atoms with E-state index in [1.807, 2.05) is 12.1 Å². The van der Waals surface area contributed by atoms with Crippen LogP contribution in [0.3, 0.4) is 0 Å². The fourth-order valence-electron chi connectivity index (χ4n) is 1.29. The van der Waals surface area contributed by atoms with Crippen molar-refractivity contribution in [1.29, 1.82) is 0 Å². The summed E-state index contributed by atoms with van der Waals surface area (Å²) >= 11 is 0. The third-order valence-electron chi connectivity index (χ3n) is 2.28. The summed E-state index contributed by atoms with van der Waals surface area (Å²) in [5.74, 6) is -0.891. The summed E-state index contributed by atoms with van der Waals surface area (Å²) in [4.78, 5) is 22.0. The van der Waals surface area contributed by atoms with Gasteiger partial charge in [0.1, 0.15) is 11.8 Å². The summed E-state index contributed by atoms with van der Waals surface area (Å²) in [5, 5.41) is 11.0. The fourth-order valence-corrected chi connectivity index (χ4v) is 1.29. The lowest BCUT2D eigenvalue weighted by Gasteiger charge is -2.06. The van der Waals surface area contributed by atoms with Gasteiger partial charge in [-0.2, -0.15) is 0 Å². The van der Waals surface area contributed by atoms with Crippen molar-refractivity contribution in [3.63, 3.8) is 0 Å². The number of nitrogens with one attached hydrogen (secondary N) is 1. The number of carbonyl (C=O) groups excluding carboxylic acids is 1. The maximum atomic E-state index is 11.4. The predicted octanol–water partition coefficient (Wildman–Crippen LogP) is 1.30. The number of hydrogen-bond donors (Lipinski definition) is 2. The number of methoxy groups -OCH3 is 1. The van der Waals surface area contributed by atoms with Gasteiger partial charge in [-0.15, -0.1) is 0 Å². The molecule has 5 nitrogen and oxygen atoms in total. The van der Waals surface area contributed by atoms with Gasteiger partial charge in [0.2, 0.25) is 5.91 Å². The number of benzene rings is 1. The van der Waals surface area contributed by atoms with Crippen LogP contribution in [0.4, 0.5) is 0 Å². The van der Waals surface area contributed by atoms with E-state index in [2.05, 4.69) is 5.32 Å². The number of hydrogen-bond acceptors (Lipinski definition) is 3. The van der Waals surface area contributed by atoms with Crippen LogP contribution < -0.4 is 10.1 Å². The Kier molecular flexibility index (Phi) is 4.92. The molecule has 5 heteroatoms. The Morgan fingerprint density at radius 2 is 2.06 bits per heavy atom. The lowest BCUT2D eigenvalue weighted by Crippen LogP contribution is -2.37. The summed E-state index contributed by atoms with van der Waals surface area (Å²) in [6.45, 7) is 1.40. The summed E-state index contributed by atoms with van der Waals surface area (Å²) in [7, 11) is 1.54. The number of carboxylic acid groups (broad SMARTS) is 1. The van der Waals surface area contributed by atoms with E-state index in [-0.39, 0.29) is 0 Å². The molecule has 2 N–H and O–H groups in total. The van der Waals surface area contributed by atoms with Crippen molar-refractivity contribution in [3.8, 4) is 5.75 Å². The molecule has 96 valence electrons. The van der Waals surface area contributed by atoms with Crippen molar-refractivity contribution in [2.75, 3.05) is 7.11 Å². The predicted molar refractivity (Wildman–Crippen MR) is 67.3 cm³/mol. The van der Waals surface area contributed by atoms with E-state index in [1.54, 1.807) is 25.3 Å². The molecule has 18 heavy (non-hydrogen) atoms. The van der Waals surface area contributed by atoms with Crippen LogP contribution in [0, 0.1) is 0 Å². The highest BCUT2D eigenvalue weighted by molar-refractivity contribution is 5.94. The number of aliphatic carboxylic acids is 1. The molecule has 0 spiro atoms. The molecule has 0 saturated carbocycles. The zero-order valence-corrected chi connectivity index (χ0v) is 10.2. The van der Waals surface area contributed by atoms with Crippen LogP contribution in [-0.2, 0) is 9.59 Å². The van der Waals surface area contributed by atoms with E-state index in [9.17, 15) is 9.59 Å². The standard InChI is InChI=1S/C13H15NO4/c1-9(13(16)17)14-12(15)8-7-10-5-3-4-6-11(10)18-2/h3-9H,1-2H3,(H,14,15)(H,16,17)/t9-/m1/s1. The number of para-hydroxylation sites is 1. The number of carboxylic acids is 1. The Hall–Kier alpha value is -2.30. The first-order valence-electron chi connectivity index (χ1n) is 5.39. The van der Waals surface area contributed by atoms with Crippen molar-refractivity contribution >= 4 is 18.0 Å². The van der Waals surface area contributed by atoms with E-state index < -0.39 is 17.9 Å². The first kappa shape index (κ1) is 13.8. The topological polar surface area (TPSA) is 75.6 Å². The van der Waals surface area contributed by atoms with Gasteiger partial charge in [-0.3, -0.25) is 9.59 Å². The molecule has 0 bridgehead atoms. The minimum absolute atomic E-state index is 0.462. The van der Waals surface area contributed by atoms with Crippen molar-refractivity contribution in [1.82, 2.24) is 5.32 Å². The third kappa shape index (κ3) is 3.93. The Balaban J connectivity index is 2.69. The number of rotatable bonds is 5. The van der Waals surface area contributed by atoms with Gasteiger partial charge in [-0.1, -0.05) is 18.2 Å². The van der Waals surface area contributed by atoms with Gasteiger partial charge < -0.3 is 15.2 Å². The van der Waals surface area contributed by atoms with Crippen molar-refractivity contribution in [2.24, 2.45) is 0 Å². The van der Waals surface area contributed by atoms with Crippen molar-refractivity contribution in [3.05, 3.63) is 35.9 Å². The van der Waals surface area contributed by atoms with Crippen molar-refractivity contribution in [2.45, 2.75) is 13.0 Å². The lowest BCUT2D eigenvalue weighted by atomic mass is 10.2. The van der Waals surface area contributed by atoms with Crippen LogP contribution in [0.25, 0.3) is 6.08 Å². The van der Waals surface area contributed by atoms with Crippen LogP contribution in [0.1, 0.15) is 12.5 Å². The molecule has 0 fully saturated rings. The van der Waals surface area contributed by atoms with E-state index in [0.29, 0.717) is 5.75 Å². The maximum Gasteiger partial charge on any atom is 0.325 e. The molecule has 0 saturated heterocycles. The third-order valence-corrected chi connectivity index (χ3v) is 2.28. The molecule has 1 amide bonds. The zero-order chi connectivity index (χ0) is 13.5. The molecule has 0 heterocycles. The summed E-state index contributed by atoms with van der Waals surface area (Å²) in [5.41, 5.74) is 0.748. The van der Waals surface area contributed by atoms with Crippen molar-refractivity contribution < 1.29 is 19.4 Å². The molecular formula is C13H15NO4. The van der Waals surface area contributed by atoms with Gasteiger partial charge in [-0.25, -0.2) is 0 Å². The average Bonchev–Trinajstić information content (AvgIpc) is 2.36. The quantitative estimate of drug-likeness (QED) is 0.771. The van der Waals surface area contributed by atoms with Gasteiger partial charge in [0, 0.05) is 11.6 Å². The van der Waals surface area contributed by atoms with E-state index in [0.717, 1.165) is 5.56 Å². The van der Waals surface area contributed by atoms with Crippen LogP contribution in [0.2, 0.25) is 0 Å². The smallest absolute Gasteiger partial charge is 0.325 e. The summed E-state index contributed by atoms with van der Waals surface area (Å²) in [6, 6.07) is 6.29. The van der Waals surface area contributed by atoms with Gasteiger partial charge >= 0.3 is 5.97 Å². The second kappa shape index (κ2) is 6.44.